The largest absolute Gasteiger partial charge is 0.459 e. The van der Waals surface area contributed by atoms with Crippen LogP contribution in [0.2, 0.25) is 0 Å². The molecule has 2 N–H and O–H groups in total. The summed E-state index contributed by atoms with van der Waals surface area (Å²) >= 11 is 1.45. The quantitative estimate of drug-likeness (QED) is 0.622. The second kappa shape index (κ2) is 8.27. The van der Waals surface area contributed by atoms with Crippen molar-refractivity contribution in [3.8, 4) is 16.8 Å². The zero-order valence-electron chi connectivity index (χ0n) is 14.2. The highest BCUT2D eigenvalue weighted by molar-refractivity contribution is 7.13. The van der Waals surface area contributed by atoms with E-state index in [1.165, 1.54) is 11.3 Å². The van der Waals surface area contributed by atoms with Gasteiger partial charge in [-0.2, -0.15) is 5.26 Å². The Balaban J connectivity index is 1.45. The second-order valence-corrected chi connectivity index (χ2v) is 6.38. The van der Waals surface area contributed by atoms with E-state index in [0.29, 0.717) is 35.9 Å². The molecule has 3 aromatic heterocycles. The van der Waals surface area contributed by atoms with Crippen LogP contribution < -0.4 is 10.6 Å². The predicted octanol–water partition coefficient (Wildman–Crippen LogP) is 2.75. The molecule has 0 aliphatic heterocycles. The van der Waals surface area contributed by atoms with Crippen LogP contribution in [0.1, 0.15) is 17.0 Å². The third-order valence-corrected chi connectivity index (χ3v) is 4.42. The normalized spacial score (nSPS) is 10.3. The fourth-order valence-electron chi connectivity index (χ4n) is 2.30. The molecule has 0 saturated heterocycles. The highest BCUT2D eigenvalue weighted by Gasteiger charge is 2.11. The predicted molar refractivity (Wildman–Crippen MR) is 98.7 cm³/mol. The molecule has 3 rings (SSSR count). The summed E-state index contributed by atoms with van der Waals surface area (Å²) in [6.45, 7) is 2.78. The molecule has 0 aliphatic rings. The third kappa shape index (κ3) is 4.46. The standard InChI is InChI=1S/C18H17N5O2S/c1-12-4-5-15(25-12)18-23-14(11-26-18)9-16(24)20-7-8-22-17-13(10-19)3-2-6-21-17/h2-6,11H,7-9H2,1H3,(H,20,24)(H,21,22). The molecule has 0 spiro atoms. The number of nitriles is 1. The van der Waals surface area contributed by atoms with Gasteiger partial charge in [-0.05, 0) is 31.2 Å². The molecule has 0 radical (unpaired) electrons. The van der Waals surface area contributed by atoms with E-state index in [-0.39, 0.29) is 12.3 Å². The van der Waals surface area contributed by atoms with Gasteiger partial charge in [0.15, 0.2) is 10.8 Å². The minimum Gasteiger partial charge on any atom is -0.459 e. The molecule has 0 aliphatic carbocycles. The number of anilines is 1. The summed E-state index contributed by atoms with van der Waals surface area (Å²) in [4.78, 5) is 20.6. The average molecular weight is 367 g/mol. The molecule has 3 aromatic rings. The number of nitrogens with zero attached hydrogens (tertiary/aromatic N) is 3. The molecule has 26 heavy (non-hydrogen) atoms. The fraction of sp³-hybridized carbons (Fsp3) is 0.222. The van der Waals surface area contributed by atoms with Gasteiger partial charge >= 0.3 is 0 Å². The van der Waals surface area contributed by atoms with Crippen LogP contribution in [0.15, 0.2) is 40.3 Å². The van der Waals surface area contributed by atoms with Crippen molar-refractivity contribution in [1.82, 2.24) is 15.3 Å². The van der Waals surface area contributed by atoms with Crippen molar-refractivity contribution >= 4 is 23.1 Å². The zero-order valence-corrected chi connectivity index (χ0v) is 15.0. The Bertz CT molecular complexity index is 941. The van der Waals surface area contributed by atoms with Gasteiger partial charge in [0.05, 0.1) is 17.7 Å². The lowest BCUT2D eigenvalue weighted by Gasteiger charge is -2.07. The van der Waals surface area contributed by atoms with Crippen molar-refractivity contribution in [2.24, 2.45) is 0 Å². The molecular formula is C18H17N5O2S. The Morgan fingerprint density at radius 1 is 1.35 bits per heavy atom. The summed E-state index contributed by atoms with van der Waals surface area (Å²) in [5.74, 6) is 1.95. The molecular weight excluding hydrogens is 350 g/mol. The summed E-state index contributed by atoms with van der Waals surface area (Å²) in [6, 6.07) is 9.22. The van der Waals surface area contributed by atoms with E-state index in [2.05, 4.69) is 26.7 Å². The minimum atomic E-state index is -0.110. The first-order valence-electron chi connectivity index (χ1n) is 8.02. The van der Waals surface area contributed by atoms with Gasteiger partial charge in [-0.3, -0.25) is 4.79 Å². The summed E-state index contributed by atoms with van der Waals surface area (Å²) in [5.41, 5.74) is 1.18. The Labute approximate surface area is 154 Å². The summed E-state index contributed by atoms with van der Waals surface area (Å²) < 4.78 is 5.54. The summed E-state index contributed by atoms with van der Waals surface area (Å²) in [7, 11) is 0. The van der Waals surface area contributed by atoms with Crippen LogP contribution in [0.4, 0.5) is 5.82 Å². The number of rotatable bonds is 7. The molecule has 0 unspecified atom stereocenters. The number of pyridine rings is 1. The van der Waals surface area contributed by atoms with Crippen LogP contribution >= 0.6 is 11.3 Å². The van der Waals surface area contributed by atoms with Crippen molar-refractivity contribution in [3.63, 3.8) is 0 Å². The molecule has 8 heteroatoms. The lowest BCUT2D eigenvalue weighted by Crippen LogP contribution is -2.30. The lowest BCUT2D eigenvalue weighted by atomic mass is 10.3. The van der Waals surface area contributed by atoms with E-state index in [0.717, 1.165) is 10.8 Å². The summed E-state index contributed by atoms with van der Waals surface area (Å²) in [6.07, 6.45) is 1.82. The molecule has 0 fully saturated rings. The number of hydrogen-bond donors (Lipinski definition) is 2. The number of amides is 1. The highest BCUT2D eigenvalue weighted by Crippen LogP contribution is 2.25. The summed E-state index contributed by atoms with van der Waals surface area (Å²) in [5, 5.41) is 17.5. The third-order valence-electron chi connectivity index (χ3n) is 3.51. The highest BCUT2D eigenvalue weighted by atomic mass is 32.1. The number of aromatic nitrogens is 2. The number of carbonyl (C=O) groups excluding carboxylic acids is 1. The maximum atomic E-state index is 12.0. The Morgan fingerprint density at radius 3 is 3.00 bits per heavy atom. The van der Waals surface area contributed by atoms with Crippen molar-refractivity contribution in [3.05, 3.63) is 52.9 Å². The molecule has 132 valence electrons. The van der Waals surface area contributed by atoms with Gasteiger partial charge in [-0.25, -0.2) is 9.97 Å². The fourth-order valence-corrected chi connectivity index (χ4v) is 3.08. The number of nitrogens with one attached hydrogen (secondary N) is 2. The van der Waals surface area contributed by atoms with E-state index in [4.69, 9.17) is 9.68 Å². The SMILES string of the molecule is Cc1ccc(-c2nc(CC(=O)NCCNc3ncccc3C#N)cs2)o1. The van der Waals surface area contributed by atoms with Gasteiger partial charge in [0.25, 0.3) is 0 Å². The molecule has 7 nitrogen and oxygen atoms in total. The molecule has 0 atom stereocenters. The Morgan fingerprint density at radius 2 is 2.23 bits per heavy atom. The van der Waals surface area contributed by atoms with E-state index in [9.17, 15) is 4.79 Å². The van der Waals surface area contributed by atoms with Crippen molar-refractivity contribution < 1.29 is 9.21 Å². The van der Waals surface area contributed by atoms with E-state index >= 15 is 0 Å². The van der Waals surface area contributed by atoms with Crippen LogP contribution in [0.25, 0.3) is 10.8 Å². The van der Waals surface area contributed by atoms with Gasteiger partial charge < -0.3 is 15.1 Å². The molecule has 3 heterocycles. The number of thiazole rings is 1. The van der Waals surface area contributed by atoms with Gasteiger partial charge in [-0.1, -0.05) is 0 Å². The van der Waals surface area contributed by atoms with Gasteiger partial charge in [-0.15, -0.1) is 11.3 Å². The van der Waals surface area contributed by atoms with Crippen LogP contribution in [-0.4, -0.2) is 29.0 Å². The smallest absolute Gasteiger partial charge is 0.226 e. The van der Waals surface area contributed by atoms with Crippen molar-refractivity contribution in [1.29, 1.82) is 5.26 Å². The zero-order chi connectivity index (χ0) is 18.4. The minimum absolute atomic E-state index is 0.110. The topological polar surface area (TPSA) is 104 Å². The maximum Gasteiger partial charge on any atom is 0.226 e. The Kier molecular flexibility index (Phi) is 5.61. The Hall–Kier alpha value is -3.18. The van der Waals surface area contributed by atoms with Crippen LogP contribution in [-0.2, 0) is 11.2 Å². The first kappa shape index (κ1) is 17.6. The molecule has 0 aromatic carbocycles. The van der Waals surface area contributed by atoms with Crippen LogP contribution in [0, 0.1) is 18.3 Å². The monoisotopic (exact) mass is 367 g/mol. The van der Waals surface area contributed by atoms with E-state index in [1.807, 2.05) is 24.4 Å². The number of furan rings is 1. The van der Waals surface area contributed by atoms with Crippen LogP contribution in [0.3, 0.4) is 0 Å². The second-order valence-electron chi connectivity index (χ2n) is 5.52. The number of hydrogen-bond acceptors (Lipinski definition) is 7. The molecule has 0 bridgehead atoms. The molecule has 0 saturated carbocycles. The maximum absolute atomic E-state index is 12.0. The van der Waals surface area contributed by atoms with Gasteiger partial charge in [0.2, 0.25) is 5.91 Å². The molecule has 1 amide bonds. The first-order valence-corrected chi connectivity index (χ1v) is 8.90. The van der Waals surface area contributed by atoms with E-state index in [1.54, 1.807) is 18.3 Å². The number of carbonyl (C=O) groups is 1. The van der Waals surface area contributed by atoms with Gasteiger partial charge in [0, 0.05) is 24.7 Å². The number of aryl methyl sites for hydroxylation is 1. The first-order chi connectivity index (χ1) is 12.7. The lowest BCUT2D eigenvalue weighted by molar-refractivity contribution is -0.120. The van der Waals surface area contributed by atoms with Crippen molar-refractivity contribution in [2.75, 3.05) is 18.4 Å². The van der Waals surface area contributed by atoms with Gasteiger partial charge in [0.1, 0.15) is 17.6 Å². The van der Waals surface area contributed by atoms with Crippen LogP contribution in [0.5, 0.6) is 0 Å². The van der Waals surface area contributed by atoms with Crippen molar-refractivity contribution in [2.45, 2.75) is 13.3 Å². The van der Waals surface area contributed by atoms with E-state index < -0.39 is 0 Å². The average Bonchev–Trinajstić information content (AvgIpc) is 3.28.